The molecule has 2 N–H and O–H groups in total. The van der Waals surface area contributed by atoms with Crippen molar-refractivity contribution in [1.29, 1.82) is 0 Å². The zero-order valence-corrected chi connectivity index (χ0v) is 12.7. The Morgan fingerprint density at radius 2 is 1.90 bits per heavy atom. The van der Waals surface area contributed by atoms with Crippen LogP contribution in [0.25, 0.3) is 10.8 Å². The number of nitrogens with one attached hydrogen (secondary N) is 1. The molecule has 21 heavy (non-hydrogen) atoms. The monoisotopic (exact) mass is 285 g/mol. The zero-order chi connectivity index (χ0) is 14.8. The van der Waals surface area contributed by atoms with E-state index in [0.29, 0.717) is 13.2 Å². The van der Waals surface area contributed by atoms with Gasteiger partial charge in [0.25, 0.3) is 0 Å². The first-order chi connectivity index (χ1) is 10.1. The van der Waals surface area contributed by atoms with Gasteiger partial charge in [-0.2, -0.15) is 0 Å². The molecule has 0 heterocycles. The molecule has 1 unspecified atom stereocenters. The van der Waals surface area contributed by atoms with Gasteiger partial charge < -0.3 is 15.2 Å². The third kappa shape index (κ3) is 3.04. The number of ether oxygens (including phenoxy) is 1. The molecule has 0 aliphatic heterocycles. The SMILES string of the molecule is CC(C)OCC(O)CNc1ccc2c3c(cccc13)CC2. The van der Waals surface area contributed by atoms with Crippen LogP contribution in [0, 0.1) is 0 Å². The van der Waals surface area contributed by atoms with E-state index in [1.165, 1.54) is 21.9 Å². The molecular formula is C18H23NO2. The van der Waals surface area contributed by atoms with Gasteiger partial charge in [-0.1, -0.05) is 24.3 Å². The van der Waals surface area contributed by atoms with E-state index < -0.39 is 6.10 Å². The van der Waals surface area contributed by atoms with Crippen molar-refractivity contribution in [3.05, 3.63) is 41.5 Å². The number of hydrogen-bond donors (Lipinski definition) is 2. The Labute approximate surface area is 125 Å². The Balaban J connectivity index is 1.74. The molecule has 0 aromatic heterocycles. The Bertz CT molecular complexity index is 626. The Hall–Kier alpha value is -1.58. The van der Waals surface area contributed by atoms with Gasteiger partial charge in [-0.25, -0.2) is 0 Å². The fraction of sp³-hybridized carbons (Fsp3) is 0.444. The molecule has 0 bridgehead atoms. The summed E-state index contributed by atoms with van der Waals surface area (Å²) in [5.74, 6) is 0. The van der Waals surface area contributed by atoms with Crippen LogP contribution in [0.15, 0.2) is 30.3 Å². The number of anilines is 1. The number of rotatable bonds is 6. The van der Waals surface area contributed by atoms with E-state index in [1.807, 2.05) is 13.8 Å². The molecule has 0 spiro atoms. The van der Waals surface area contributed by atoms with Crippen molar-refractivity contribution in [2.45, 2.75) is 38.9 Å². The lowest BCUT2D eigenvalue weighted by molar-refractivity contribution is 0.0112. The van der Waals surface area contributed by atoms with E-state index in [4.69, 9.17) is 4.74 Å². The van der Waals surface area contributed by atoms with Gasteiger partial charge in [0.1, 0.15) is 0 Å². The molecule has 2 aromatic carbocycles. The molecule has 0 fully saturated rings. The summed E-state index contributed by atoms with van der Waals surface area (Å²) in [6.07, 6.45) is 1.94. The maximum atomic E-state index is 9.97. The summed E-state index contributed by atoms with van der Waals surface area (Å²) in [6.45, 7) is 4.82. The minimum absolute atomic E-state index is 0.149. The van der Waals surface area contributed by atoms with Gasteiger partial charge in [0.05, 0.1) is 18.8 Å². The van der Waals surface area contributed by atoms with Gasteiger partial charge in [0.2, 0.25) is 0 Å². The van der Waals surface area contributed by atoms with Crippen molar-refractivity contribution < 1.29 is 9.84 Å². The fourth-order valence-electron chi connectivity index (χ4n) is 2.99. The van der Waals surface area contributed by atoms with Gasteiger partial charge in [0.15, 0.2) is 0 Å². The normalized spacial score (nSPS) is 14.9. The van der Waals surface area contributed by atoms with Gasteiger partial charge >= 0.3 is 0 Å². The van der Waals surface area contributed by atoms with Gasteiger partial charge in [-0.15, -0.1) is 0 Å². The van der Waals surface area contributed by atoms with E-state index in [2.05, 4.69) is 35.6 Å². The average Bonchev–Trinajstić information content (AvgIpc) is 2.90. The molecule has 3 heteroatoms. The largest absolute Gasteiger partial charge is 0.389 e. The molecule has 1 atom stereocenters. The quantitative estimate of drug-likeness (QED) is 0.857. The molecular weight excluding hydrogens is 262 g/mol. The number of benzene rings is 2. The summed E-state index contributed by atoms with van der Waals surface area (Å²) in [5.41, 5.74) is 3.98. The fourth-order valence-corrected chi connectivity index (χ4v) is 2.99. The highest BCUT2D eigenvalue weighted by atomic mass is 16.5. The molecule has 0 radical (unpaired) electrons. The molecule has 0 saturated carbocycles. The van der Waals surface area contributed by atoms with Crippen LogP contribution in [0.1, 0.15) is 25.0 Å². The zero-order valence-electron chi connectivity index (χ0n) is 12.7. The van der Waals surface area contributed by atoms with Crippen molar-refractivity contribution in [3.63, 3.8) is 0 Å². The predicted molar refractivity (Wildman–Crippen MR) is 86.9 cm³/mol. The second kappa shape index (κ2) is 6.04. The lowest BCUT2D eigenvalue weighted by Gasteiger charge is -2.16. The first-order valence-corrected chi connectivity index (χ1v) is 7.72. The van der Waals surface area contributed by atoms with E-state index in [1.54, 1.807) is 0 Å². The molecule has 0 saturated heterocycles. The third-order valence-corrected chi connectivity index (χ3v) is 4.03. The van der Waals surface area contributed by atoms with Crippen LogP contribution >= 0.6 is 0 Å². The third-order valence-electron chi connectivity index (χ3n) is 4.03. The summed E-state index contributed by atoms with van der Waals surface area (Å²) in [7, 11) is 0. The summed E-state index contributed by atoms with van der Waals surface area (Å²) in [4.78, 5) is 0. The second-order valence-electron chi connectivity index (χ2n) is 6.03. The predicted octanol–water partition coefficient (Wildman–Crippen LogP) is 3.14. The highest BCUT2D eigenvalue weighted by molar-refractivity contribution is 5.99. The first-order valence-electron chi connectivity index (χ1n) is 7.72. The van der Waals surface area contributed by atoms with E-state index in [-0.39, 0.29) is 6.10 Å². The molecule has 3 rings (SSSR count). The van der Waals surface area contributed by atoms with Crippen LogP contribution in [0.5, 0.6) is 0 Å². The maximum Gasteiger partial charge on any atom is 0.0945 e. The highest BCUT2D eigenvalue weighted by Gasteiger charge is 2.16. The Kier molecular flexibility index (Phi) is 4.13. The Morgan fingerprint density at radius 3 is 2.67 bits per heavy atom. The van der Waals surface area contributed by atoms with Gasteiger partial charge in [-0.3, -0.25) is 0 Å². The molecule has 1 aliphatic carbocycles. The molecule has 2 aromatic rings. The minimum atomic E-state index is -0.490. The van der Waals surface area contributed by atoms with Crippen molar-refractivity contribution >= 4 is 16.5 Å². The van der Waals surface area contributed by atoms with E-state index in [9.17, 15) is 5.11 Å². The summed E-state index contributed by atoms with van der Waals surface area (Å²) < 4.78 is 5.44. The van der Waals surface area contributed by atoms with Crippen LogP contribution in [0.3, 0.4) is 0 Å². The Morgan fingerprint density at radius 1 is 1.14 bits per heavy atom. The molecule has 112 valence electrons. The standard InChI is InChI=1S/C18H23NO2/c1-12(2)21-11-15(20)10-19-17-9-8-14-7-6-13-4-3-5-16(17)18(13)14/h3-5,8-9,12,15,19-20H,6-7,10-11H2,1-2H3. The number of aliphatic hydroxyl groups is 1. The highest BCUT2D eigenvalue weighted by Crippen LogP contribution is 2.34. The van der Waals surface area contributed by atoms with Gasteiger partial charge in [0, 0.05) is 17.6 Å². The van der Waals surface area contributed by atoms with Crippen molar-refractivity contribution in [1.82, 2.24) is 0 Å². The summed E-state index contributed by atoms with van der Waals surface area (Å²) in [5, 5.41) is 16.0. The van der Waals surface area contributed by atoms with Crippen molar-refractivity contribution in [2.24, 2.45) is 0 Å². The smallest absolute Gasteiger partial charge is 0.0945 e. The maximum absolute atomic E-state index is 9.97. The molecule has 0 amide bonds. The first kappa shape index (κ1) is 14.4. The summed E-state index contributed by atoms with van der Waals surface area (Å²) >= 11 is 0. The number of aliphatic hydroxyl groups excluding tert-OH is 1. The van der Waals surface area contributed by atoms with E-state index >= 15 is 0 Å². The van der Waals surface area contributed by atoms with Crippen LogP contribution in [-0.4, -0.2) is 30.5 Å². The summed E-state index contributed by atoms with van der Waals surface area (Å²) in [6, 6.07) is 10.8. The van der Waals surface area contributed by atoms with Crippen LogP contribution in [0.2, 0.25) is 0 Å². The topological polar surface area (TPSA) is 41.5 Å². The molecule has 1 aliphatic rings. The van der Waals surface area contributed by atoms with Crippen LogP contribution in [-0.2, 0) is 17.6 Å². The van der Waals surface area contributed by atoms with Crippen molar-refractivity contribution in [3.8, 4) is 0 Å². The van der Waals surface area contributed by atoms with E-state index in [0.717, 1.165) is 18.5 Å². The van der Waals surface area contributed by atoms with Crippen LogP contribution < -0.4 is 5.32 Å². The minimum Gasteiger partial charge on any atom is -0.389 e. The molecule has 3 nitrogen and oxygen atoms in total. The number of hydrogen-bond acceptors (Lipinski definition) is 3. The van der Waals surface area contributed by atoms with Crippen molar-refractivity contribution in [2.75, 3.05) is 18.5 Å². The second-order valence-corrected chi connectivity index (χ2v) is 6.03. The average molecular weight is 285 g/mol. The lowest BCUT2D eigenvalue weighted by Crippen LogP contribution is -2.26. The van der Waals surface area contributed by atoms with Crippen LogP contribution in [0.4, 0.5) is 5.69 Å². The number of aryl methyl sites for hydroxylation is 2. The van der Waals surface area contributed by atoms with Gasteiger partial charge in [-0.05, 0) is 49.3 Å². The lowest BCUT2D eigenvalue weighted by atomic mass is 10.0.